The van der Waals surface area contributed by atoms with Gasteiger partial charge in [-0.05, 0) is 48.3 Å². The lowest BCUT2D eigenvalue weighted by Gasteiger charge is -2.31. The van der Waals surface area contributed by atoms with Crippen molar-refractivity contribution in [2.24, 2.45) is 0 Å². The van der Waals surface area contributed by atoms with E-state index in [2.05, 4.69) is 47.7 Å². The molecule has 0 amide bonds. The molecule has 1 aliphatic carbocycles. The zero-order valence-corrected chi connectivity index (χ0v) is 13.3. The van der Waals surface area contributed by atoms with E-state index < -0.39 is 0 Å². The fourth-order valence-electron chi connectivity index (χ4n) is 2.39. The van der Waals surface area contributed by atoms with Gasteiger partial charge in [-0.3, -0.25) is 4.79 Å². The quantitative estimate of drug-likeness (QED) is 0.554. The molecule has 0 saturated carbocycles. The van der Waals surface area contributed by atoms with Crippen LogP contribution in [0.1, 0.15) is 43.9 Å². The maximum Gasteiger partial charge on any atom is 0.143 e. The van der Waals surface area contributed by atoms with Crippen LogP contribution in [0, 0.1) is 0 Å². The summed E-state index contributed by atoms with van der Waals surface area (Å²) in [5.41, 5.74) is 3.70. The highest BCUT2D eigenvalue weighted by Gasteiger charge is 2.34. The largest absolute Gasteiger partial charge is 0.299 e. The van der Waals surface area contributed by atoms with Crippen molar-refractivity contribution in [3.63, 3.8) is 0 Å². The Labute approximate surface area is 118 Å². The maximum atomic E-state index is 11.8. The Kier molecular flexibility index (Phi) is 5.17. The number of Topliss-reactive ketones (excluding diaryl/α,β-unsaturated/α-hetero) is 1. The predicted molar refractivity (Wildman–Crippen MR) is 82.1 cm³/mol. The van der Waals surface area contributed by atoms with Crippen LogP contribution in [0.25, 0.3) is 0 Å². The van der Waals surface area contributed by atoms with Crippen LogP contribution >= 0.6 is 22.6 Å². The van der Waals surface area contributed by atoms with Gasteiger partial charge in [-0.2, -0.15) is 0 Å². The van der Waals surface area contributed by atoms with E-state index in [1.807, 2.05) is 18.8 Å². The van der Waals surface area contributed by atoms with Gasteiger partial charge in [0.25, 0.3) is 0 Å². The second kappa shape index (κ2) is 5.98. The molecule has 2 rings (SSSR count). The Bertz CT molecular complexity index is 407. The summed E-state index contributed by atoms with van der Waals surface area (Å²) in [6.45, 7) is 6.25. The molecule has 0 unspecified atom stereocenters. The van der Waals surface area contributed by atoms with E-state index in [1.54, 1.807) is 0 Å². The Morgan fingerprint density at radius 1 is 1.24 bits per heavy atom. The van der Waals surface area contributed by atoms with Gasteiger partial charge >= 0.3 is 0 Å². The lowest BCUT2D eigenvalue weighted by Crippen LogP contribution is -2.34. The molecule has 0 saturated heterocycles. The van der Waals surface area contributed by atoms with E-state index in [4.69, 9.17) is 0 Å². The first kappa shape index (κ1) is 14.7. The number of hydrogen-bond donors (Lipinski definition) is 0. The SMILES string of the molecule is CCc1ccc2c(c1)CCC(=O)C2(C)C.CI. The molecule has 1 aromatic rings. The number of fused-ring (bicyclic) bond motifs is 1. The van der Waals surface area contributed by atoms with Crippen LogP contribution in [-0.2, 0) is 23.1 Å². The van der Waals surface area contributed by atoms with Crippen LogP contribution in [-0.4, -0.2) is 10.7 Å². The fraction of sp³-hybridized carbons (Fsp3) is 0.533. The third-order valence-electron chi connectivity index (χ3n) is 3.57. The summed E-state index contributed by atoms with van der Waals surface area (Å²) in [6, 6.07) is 6.56. The van der Waals surface area contributed by atoms with Crippen molar-refractivity contribution in [2.45, 2.75) is 45.4 Å². The molecule has 0 heterocycles. The second-order valence-corrected chi connectivity index (χ2v) is 4.89. The van der Waals surface area contributed by atoms with Gasteiger partial charge in [-0.1, -0.05) is 47.7 Å². The van der Waals surface area contributed by atoms with E-state index >= 15 is 0 Å². The number of carbonyl (C=O) groups is 1. The molecule has 0 aliphatic heterocycles. The van der Waals surface area contributed by atoms with E-state index in [0.717, 1.165) is 12.8 Å². The summed E-state index contributed by atoms with van der Waals surface area (Å²) in [5, 5.41) is 0. The molecule has 1 nitrogen and oxygen atoms in total. The number of carbonyl (C=O) groups excluding carboxylic acids is 1. The monoisotopic (exact) mass is 344 g/mol. The minimum absolute atomic E-state index is 0.278. The zero-order chi connectivity index (χ0) is 13.1. The summed E-state index contributed by atoms with van der Waals surface area (Å²) >= 11 is 2.15. The molecule has 1 aliphatic rings. The molecular formula is C15H21IO. The van der Waals surface area contributed by atoms with Crippen LogP contribution in [0.15, 0.2) is 18.2 Å². The number of aryl methyl sites for hydroxylation is 2. The molecule has 94 valence electrons. The third kappa shape index (κ3) is 2.90. The smallest absolute Gasteiger partial charge is 0.143 e. The Balaban J connectivity index is 0.000000686. The summed E-state index contributed by atoms with van der Waals surface area (Å²) < 4.78 is 0. The van der Waals surface area contributed by atoms with Gasteiger partial charge in [-0.25, -0.2) is 0 Å². The highest BCUT2D eigenvalue weighted by Crippen LogP contribution is 2.34. The Morgan fingerprint density at radius 2 is 1.88 bits per heavy atom. The Morgan fingerprint density at radius 3 is 2.47 bits per heavy atom. The van der Waals surface area contributed by atoms with E-state index in [9.17, 15) is 4.79 Å². The standard InChI is InChI=1S/C14H18O.CH3I/c1-4-10-5-7-12-11(9-10)6-8-13(15)14(12,2)3;1-2/h5,7,9H,4,6,8H2,1-3H3;1H3. The fourth-order valence-corrected chi connectivity index (χ4v) is 2.39. The van der Waals surface area contributed by atoms with Gasteiger partial charge in [0.1, 0.15) is 5.78 Å². The molecule has 0 fully saturated rings. The van der Waals surface area contributed by atoms with Crippen molar-refractivity contribution < 1.29 is 4.79 Å². The van der Waals surface area contributed by atoms with Crippen molar-refractivity contribution in [2.75, 3.05) is 4.93 Å². The highest BCUT2D eigenvalue weighted by molar-refractivity contribution is 14.1. The van der Waals surface area contributed by atoms with Crippen molar-refractivity contribution >= 4 is 28.4 Å². The average molecular weight is 344 g/mol. The van der Waals surface area contributed by atoms with E-state index in [1.165, 1.54) is 16.7 Å². The molecular weight excluding hydrogens is 323 g/mol. The maximum absolute atomic E-state index is 11.8. The van der Waals surface area contributed by atoms with E-state index in [-0.39, 0.29) is 5.41 Å². The lowest BCUT2D eigenvalue weighted by atomic mass is 9.71. The molecule has 0 spiro atoms. The number of ketones is 1. The van der Waals surface area contributed by atoms with E-state index in [0.29, 0.717) is 12.2 Å². The van der Waals surface area contributed by atoms with Crippen LogP contribution in [0.3, 0.4) is 0 Å². The first-order valence-electron chi connectivity index (χ1n) is 6.09. The summed E-state index contributed by atoms with van der Waals surface area (Å²) in [6.07, 6.45) is 2.69. The van der Waals surface area contributed by atoms with Gasteiger partial charge in [-0.15, -0.1) is 0 Å². The highest BCUT2D eigenvalue weighted by atomic mass is 127. The first-order valence-corrected chi connectivity index (χ1v) is 8.25. The second-order valence-electron chi connectivity index (χ2n) is 4.89. The molecule has 0 bridgehead atoms. The average Bonchev–Trinajstić information content (AvgIpc) is 2.36. The number of halogens is 1. The molecule has 17 heavy (non-hydrogen) atoms. The summed E-state index contributed by atoms with van der Waals surface area (Å²) in [7, 11) is 0. The van der Waals surface area contributed by atoms with Crippen molar-refractivity contribution in [3.8, 4) is 0 Å². The molecule has 0 N–H and O–H groups in total. The normalized spacial score (nSPS) is 16.9. The van der Waals surface area contributed by atoms with Gasteiger partial charge in [0.15, 0.2) is 0 Å². The molecule has 0 aromatic heterocycles. The predicted octanol–water partition coefficient (Wildman–Crippen LogP) is 4.09. The molecule has 2 heteroatoms. The van der Waals surface area contributed by atoms with Gasteiger partial charge < -0.3 is 0 Å². The summed E-state index contributed by atoms with van der Waals surface area (Å²) in [5.74, 6) is 0.374. The molecule has 1 aromatic carbocycles. The Hall–Kier alpha value is -0.380. The number of rotatable bonds is 1. The lowest BCUT2D eigenvalue weighted by molar-refractivity contribution is -0.124. The number of hydrogen-bond acceptors (Lipinski definition) is 1. The van der Waals surface area contributed by atoms with Crippen LogP contribution in [0.5, 0.6) is 0 Å². The third-order valence-corrected chi connectivity index (χ3v) is 3.57. The summed E-state index contributed by atoms with van der Waals surface area (Å²) in [4.78, 5) is 13.8. The van der Waals surface area contributed by atoms with Crippen LogP contribution in [0.2, 0.25) is 0 Å². The minimum Gasteiger partial charge on any atom is -0.299 e. The van der Waals surface area contributed by atoms with Gasteiger partial charge in [0.05, 0.1) is 0 Å². The topological polar surface area (TPSA) is 17.1 Å². The van der Waals surface area contributed by atoms with Crippen molar-refractivity contribution in [1.29, 1.82) is 0 Å². The first-order chi connectivity index (χ1) is 8.05. The zero-order valence-electron chi connectivity index (χ0n) is 11.1. The van der Waals surface area contributed by atoms with Crippen LogP contribution in [0.4, 0.5) is 0 Å². The van der Waals surface area contributed by atoms with Gasteiger partial charge in [0, 0.05) is 11.8 Å². The number of alkyl halides is 1. The molecule has 0 atom stereocenters. The number of benzene rings is 1. The minimum atomic E-state index is -0.278. The molecule has 0 radical (unpaired) electrons. The van der Waals surface area contributed by atoms with Crippen LogP contribution < -0.4 is 0 Å². The van der Waals surface area contributed by atoms with Crippen molar-refractivity contribution in [3.05, 3.63) is 34.9 Å². The van der Waals surface area contributed by atoms with Crippen molar-refractivity contribution in [1.82, 2.24) is 0 Å². The van der Waals surface area contributed by atoms with Gasteiger partial charge in [0.2, 0.25) is 0 Å².